The predicted molar refractivity (Wildman–Crippen MR) is 115 cm³/mol. The Kier molecular flexibility index (Phi) is 8.83. The van der Waals surface area contributed by atoms with Crippen LogP contribution in [-0.2, 0) is 24.3 Å². The molecule has 1 unspecified atom stereocenters. The summed E-state index contributed by atoms with van der Waals surface area (Å²) in [6.07, 6.45) is -1.27. The van der Waals surface area contributed by atoms with E-state index in [4.69, 9.17) is 14.2 Å². The number of anilines is 1. The Bertz CT molecular complexity index is 974. The van der Waals surface area contributed by atoms with Crippen LogP contribution in [0.5, 0.6) is 11.5 Å². The van der Waals surface area contributed by atoms with Crippen molar-refractivity contribution in [2.75, 3.05) is 25.6 Å². The van der Waals surface area contributed by atoms with Gasteiger partial charge in [0, 0.05) is 12.2 Å². The molecule has 10 heteroatoms. The van der Waals surface area contributed by atoms with Crippen LogP contribution in [0.1, 0.15) is 20.3 Å². The molecule has 2 aromatic rings. The topological polar surface area (TPSA) is 120 Å². The van der Waals surface area contributed by atoms with Crippen LogP contribution in [0.2, 0.25) is 0 Å². The number of benzene rings is 2. The number of ether oxygens (including phenoxy) is 3. The van der Waals surface area contributed by atoms with Gasteiger partial charge in [0.2, 0.25) is 10.0 Å². The fourth-order valence-electron chi connectivity index (χ4n) is 2.48. The highest BCUT2D eigenvalue weighted by Gasteiger charge is 2.19. The number of amides is 1. The minimum atomic E-state index is -3.78. The Morgan fingerprint density at radius 3 is 2.19 bits per heavy atom. The third-order valence-corrected chi connectivity index (χ3v) is 5.58. The van der Waals surface area contributed by atoms with Gasteiger partial charge in [-0.1, -0.05) is 0 Å². The van der Waals surface area contributed by atoms with Gasteiger partial charge in [-0.25, -0.2) is 13.1 Å². The van der Waals surface area contributed by atoms with Crippen molar-refractivity contribution in [1.29, 1.82) is 0 Å². The highest BCUT2D eigenvalue weighted by molar-refractivity contribution is 7.89. The van der Waals surface area contributed by atoms with Gasteiger partial charge in [-0.05, 0) is 62.4 Å². The van der Waals surface area contributed by atoms with E-state index in [2.05, 4.69) is 10.0 Å². The fraction of sp³-hybridized carbons (Fsp3) is 0.333. The first-order chi connectivity index (χ1) is 14.7. The molecule has 0 saturated carbocycles. The molecule has 168 valence electrons. The number of carbonyl (C=O) groups excluding carboxylic acids is 2. The second kappa shape index (κ2) is 11.3. The SMILES string of the molecule is CCOc1ccc(S(=O)(=O)NCCC(=O)OC(C)C(=O)Nc2ccc(OC)cc2)cc1. The van der Waals surface area contributed by atoms with Crippen molar-refractivity contribution in [1.82, 2.24) is 4.72 Å². The molecule has 0 bridgehead atoms. The molecule has 1 atom stereocenters. The Labute approximate surface area is 181 Å². The van der Waals surface area contributed by atoms with E-state index in [1.54, 1.807) is 36.4 Å². The maximum Gasteiger partial charge on any atom is 0.307 e. The third kappa shape index (κ3) is 7.58. The second-order valence-electron chi connectivity index (χ2n) is 6.40. The fourth-order valence-corrected chi connectivity index (χ4v) is 3.51. The monoisotopic (exact) mass is 450 g/mol. The van der Waals surface area contributed by atoms with Gasteiger partial charge in [-0.15, -0.1) is 0 Å². The van der Waals surface area contributed by atoms with Gasteiger partial charge in [0.1, 0.15) is 11.5 Å². The number of carbonyl (C=O) groups is 2. The van der Waals surface area contributed by atoms with Gasteiger partial charge < -0.3 is 19.5 Å². The zero-order valence-corrected chi connectivity index (χ0v) is 18.4. The minimum Gasteiger partial charge on any atom is -0.497 e. The molecule has 0 aliphatic carbocycles. The number of hydrogen-bond donors (Lipinski definition) is 2. The number of hydrogen-bond acceptors (Lipinski definition) is 7. The Hall–Kier alpha value is -3.11. The summed E-state index contributed by atoms with van der Waals surface area (Å²) in [5.74, 6) is -0.00245. The van der Waals surface area contributed by atoms with Crippen molar-refractivity contribution in [3.8, 4) is 11.5 Å². The smallest absolute Gasteiger partial charge is 0.307 e. The molecule has 1 amide bonds. The van der Waals surface area contributed by atoms with Crippen molar-refractivity contribution >= 4 is 27.6 Å². The van der Waals surface area contributed by atoms with Gasteiger partial charge >= 0.3 is 5.97 Å². The van der Waals surface area contributed by atoms with Gasteiger partial charge in [0.25, 0.3) is 5.91 Å². The van der Waals surface area contributed by atoms with Gasteiger partial charge in [-0.3, -0.25) is 9.59 Å². The summed E-state index contributed by atoms with van der Waals surface area (Å²) < 4.78 is 42.3. The first kappa shape index (κ1) is 24.2. The van der Waals surface area contributed by atoms with E-state index in [9.17, 15) is 18.0 Å². The lowest BCUT2D eigenvalue weighted by Crippen LogP contribution is -2.32. The number of sulfonamides is 1. The molecule has 0 radical (unpaired) electrons. The van der Waals surface area contributed by atoms with Crippen LogP contribution < -0.4 is 19.5 Å². The van der Waals surface area contributed by atoms with Gasteiger partial charge in [0.15, 0.2) is 6.10 Å². The van der Waals surface area contributed by atoms with Gasteiger partial charge in [0.05, 0.1) is 25.0 Å². The van der Waals surface area contributed by atoms with Crippen LogP contribution >= 0.6 is 0 Å². The lowest BCUT2D eigenvalue weighted by Gasteiger charge is -2.14. The van der Waals surface area contributed by atoms with E-state index in [0.717, 1.165) is 0 Å². The van der Waals surface area contributed by atoms with Crippen molar-refractivity contribution in [3.05, 3.63) is 48.5 Å². The molecule has 0 saturated heterocycles. The Balaban J connectivity index is 1.78. The molecule has 2 aromatic carbocycles. The highest BCUT2D eigenvalue weighted by atomic mass is 32.2. The van der Waals surface area contributed by atoms with E-state index in [-0.39, 0.29) is 17.9 Å². The first-order valence-electron chi connectivity index (χ1n) is 9.62. The molecule has 0 aliphatic heterocycles. The Morgan fingerprint density at radius 1 is 1.00 bits per heavy atom. The summed E-state index contributed by atoms with van der Waals surface area (Å²) in [6, 6.07) is 12.6. The molecule has 0 aromatic heterocycles. The Morgan fingerprint density at radius 2 is 1.61 bits per heavy atom. The van der Waals surface area contributed by atoms with Crippen molar-refractivity contribution in [3.63, 3.8) is 0 Å². The molecule has 9 nitrogen and oxygen atoms in total. The van der Waals surface area contributed by atoms with E-state index >= 15 is 0 Å². The summed E-state index contributed by atoms with van der Waals surface area (Å²) in [5.41, 5.74) is 0.525. The standard InChI is InChI=1S/C21H26N2O7S/c1-4-29-18-9-11-19(12-10-18)31(26,27)22-14-13-20(24)30-15(2)21(25)23-16-5-7-17(28-3)8-6-16/h5-12,15,22H,4,13-14H2,1-3H3,(H,23,25). The van der Waals surface area contributed by atoms with Gasteiger partial charge in [-0.2, -0.15) is 0 Å². The summed E-state index contributed by atoms with van der Waals surface area (Å²) in [4.78, 5) is 24.2. The largest absolute Gasteiger partial charge is 0.497 e. The number of esters is 1. The van der Waals surface area contributed by atoms with Crippen LogP contribution in [0.4, 0.5) is 5.69 Å². The predicted octanol–water partition coefficient (Wildman–Crippen LogP) is 2.33. The highest BCUT2D eigenvalue weighted by Crippen LogP contribution is 2.16. The van der Waals surface area contributed by atoms with Crippen LogP contribution in [-0.4, -0.2) is 46.7 Å². The zero-order valence-electron chi connectivity index (χ0n) is 17.6. The second-order valence-corrected chi connectivity index (χ2v) is 8.17. The van der Waals surface area contributed by atoms with Crippen LogP contribution in [0.3, 0.4) is 0 Å². The molecule has 0 heterocycles. The summed E-state index contributed by atoms with van der Waals surface area (Å²) in [6.45, 7) is 3.57. The molecule has 0 spiro atoms. The third-order valence-electron chi connectivity index (χ3n) is 4.10. The normalized spacial score (nSPS) is 12.0. The van der Waals surface area contributed by atoms with Crippen LogP contribution in [0.15, 0.2) is 53.4 Å². The lowest BCUT2D eigenvalue weighted by molar-refractivity contribution is -0.152. The summed E-state index contributed by atoms with van der Waals surface area (Å²) >= 11 is 0. The quantitative estimate of drug-likeness (QED) is 0.504. The van der Waals surface area contributed by atoms with E-state index in [0.29, 0.717) is 23.8 Å². The van der Waals surface area contributed by atoms with E-state index < -0.39 is 28.0 Å². The molecule has 0 fully saturated rings. The number of nitrogens with one attached hydrogen (secondary N) is 2. The maximum absolute atomic E-state index is 12.3. The first-order valence-corrected chi connectivity index (χ1v) is 11.1. The summed E-state index contributed by atoms with van der Waals surface area (Å²) in [7, 11) is -2.25. The molecule has 2 rings (SSSR count). The van der Waals surface area contributed by atoms with Crippen molar-refractivity contribution in [2.24, 2.45) is 0 Å². The van der Waals surface area contributed by atoms with Crippen LogP contribution in [0.25, 0.3) is 0 Å². The van der Waals surface area contributed by atoms with E-state index in [1.165, 1.54) is 26.2 Å². The maximum atomic E-state index is 12.3. The minimum absolute atomic E-state index is 0.0524. The lowest BCUT2D eigenvalue weighted by atomic mass is 10.3. The van der Waals surface area contributed by atoms with Crippen molar-refractivity contribution < 1.29 is 32.2 Å². The molecular formula is C21H26N2O7S. The average molecular weight is 451 g/mol. The molecular weight excluding hydrogens is 424 g/mol. The van der Waals surface area contributed by atoms with E-state index in [1.807, 2.05) is 6.92 Å². The molecule has 31 heavy (non-hydrogen) atoms. The zero-order chi connectivity index (χ0) is 22.9. The summed E-state index contributed by atoms with van der Waals surface area (Å²) in [5, 5.41) is 2.62. The average Bonchev–Trinajstić information content (AvgIpc) is 2.74. The molecule has 2 N–H and O–H groups in total. The number of rotatable bonds is 11. The van der Waals surface area contributed by atoms with Crippen LogP contribution in [0, 0.1) is 0 Å². The number of methoxy groups -OCH3 is 1. The van der Waals surface area contributed by atoms with Crippen molar-refractivity contribution in [2.45, 2.75) is 31.3 Å². The molecule has 0 aliphatic rings.